The van der Waals surface area contributed by atoms with Crippen LogP contribution >= 0.6 is 15.9 Å². The van der Waals surface area contributed by atoms with Gasteiger partial charge in [0.25, 0.3) is 0 Å². The summed E-state index contributed by atoms with van der Waals surface area (Å²) in [4.78, 5) is 0. The van der Waals surface area contributed by atoms with E-state index in [2.05, 4.69) is 76.6 Å². The summed E-state index contributed by atoms with van der Waals surface area (Å²) in [6.45, 7) is 0. The molecule has 0 atom stereocenters. The number of alkyl halides is 1. The molecule has 2 aromatic rings. The van der Waals surface area contributed by atoms with Gasteiger partial charge in [-0.3, -0.25) is 0 Å². The lowest BCUT2D eigenvalue weighted by Crippen LogP contribution is -1.77. The number of hydrogen-bond acceptors (Lipinski definition) is 0. The van der Waals surface area contributed by atoms with E-state index in [1.807, 2.05) is 6.07 Å². The minimum absolute atomic E-state index is 0.896. The summed E-state index contributed by atoms with van der Waals surface area (Å²) < 4.78 is 0. The summed E-state index contributed by atoms with van der Waals surface area (Å²) in [6, 6.07) is 19.0. The summed E-state index contributed by atoms with van der Waals surface area (Å²) >= 11 is 3.37. The Hall–Kier alpha value is -1.34. The molecule has 16 heavy (non-hydrogen) atoms. The molecular formula is C15H13Br. The SMILES string of the molecule is BrC/C=C/c1ccc(-c2ccccc2)cc1. The van der Waals surface area contributed by atoms with Crippen LogP contribution in [-0.4, -0.2) is 5.33 Å². The molecule has 0 aromatic heterocycles. The highest BCUT2D eigenvalue weighted by atomic mass is 79.9. The first-order valence-corrected chi connectivity index (χ1v) is 6.40. The van der Waals surface area contributed by atoms with Gasteiger partial charge >= 0.3 is 0 Å². The molecule has 0 amide bonds. The second kappa shape index (κ2) is 5.66. The molecule has 0 saturated heterocycles. The molecule has 0 fully saturated rings. The zero-order valence-corrected chi connectivity index (χ0v) is 10.5. The van der Waals surface area contributed by atoms with E-state index >= 15 is 0 Å². The first-order valence-electron chi connectivity index (χ1n) is 5.28. The van der Waals surface area contributed by atoms with Crippen LogP contribution in [0, 0.1) is 0 Å². The first kappa shape index (κ1) is 11.2. The van der Waals surface area contributed by atoms with Gasteiger partial charge in [-0.25, -0.2) is 0 Å². The Bertz CT molecular complexity index is 455. The number of hydrogen-bond donors (Lipinski definition) is 0. The van der Waals surface area contributed by atoms with Crippen LogP contribution in [-0.2, 0) is 0 Å². The Morgan fingerprint density at radius 2 is 1.44 bits per heavy atom. The molecule has 2 rings (SSSR count). The van der Waals surface area contributed by atoms with Crippen molar-refractivity contribution in [2.24, 2.45) is 0 Å². The van der Waals surface area contributed by atoms with Gasteiger partial charge < -0.3 is 0 Å². The summed E-state index contributed by atoms with van der Waals surface area (Å²) in [6.07, 6.45) is 4.21. The fraction of sp³-hybridized carbons (Fsp3) is 0.0667. The lowest BCUT2D eigenvalue weighted by atomic mass is 10.0. The topological polar surface area (TPSA) is 0 Å². The maximum Gasteiger partial charge on any atom is 0.0215 e. The van der Waals surface area contributed by atoms with E-state index < -0.39 is 0 Å². The van der Waals surface area contributed by atoms with Gasteiger partial charge in [-0.1, -0.05) is 82.7 Å². The predicted molar refractivity (Wildman–Crippen MR) is 74.7 cm³/mol. The molecule has 0 bridgehead atoms. The average molecular weight is 273 g/mol. The van der Waals surface area contributed by atoms with Crippen molar-refractivity contribution in [3.8, 4) is 11.1 Å². The van der Waals surface area contributed by atoms with Crippen molar-refractivity contribution in [1.29, 1.82) is 0 Å². The molecule has 2 aromatic carbocycles. The number of benzene rings is 2. The summed E-state index contributed by atoms with van der Waals surface area (Å²) in [7, 11) is 0. The highest BCUT2D eigenvalue weighted by Gasteiger charge is 1.95. The Balaban J connectivity index is 2.23. The third-order valence-corrected chi connectivity index (χ3v) is 2.79. The van der Waals surface area contributed by atoms with E-state index in [1.165, 1.54) is 16.7 Å². The lowest BCUT2D eigenvalue weighted by Gasteiger charge is -2.01. The van der Waals surface area contributed by atoms with Crippen LogP contribution in [0.5, 0.6) is 0 Å². The summed E-state index contributed by atoms with van der Waals surface area (Å²) in [5.74, 6) is 0. The molecule has 0 N–H and O–H groups in total. The number of halogens is 1. The molecule has 0 saturated carbocycles. The Kier molecular flexibility index (Phi) is 3.95. The molecule has 80 valence electrons. The van der Waals surface area contributed by atoms with Crippen molar-refractivity contribution in [3.63, 3.8) is 0 Å². The van der Waals surface area contributed by atoms with Crippen molar-refractivity contribution >= 4 is 22.0 Å². The van der Waals surface area contributed by atoms with Gasteiger partial charge in [0.1, 0.15) is 0 Å². The summed E-state index contributed by atoms with van der Waals surface area (Å²) in [5.41, 5.74) is 3.76. The molecule has 1 heteroatoms. The van der Waals surface area contributed by atoms with Crippen LogP contribution in [0.1, 0.15) is 5.56 Å². The normalized spacial score (nSPS) is 10.8. The van der Waals surface area contributed by atoms with Gasteiger partial charge in [-0.05, 0) is 16.7 Å². The van der Waals surface area contributed by atoms with Crippen molar-refractivity contribution < 1.29 is 0 Å². The van der Waals surface area contributed by atoms with Gasteiger partial charge in [0.2, 0.25) is 0 Å². The van der Waals surface area contributed by atoms with Crippen molar-refractivity contribution in [2.75, 3.05) is 5.33 Å². The van der Waals surface area contributed by atoms with E-state index in [4.69, 9.17) is 0 Å². The molecular weight excluding hydrogens is 260 g/mol. The summed E-state index contributed by atoms with van der Waals surface area (Å²) in [5, 5.41) is 0.896. The van der Waals surface area contributed by atoms with Gasteiger partial charge in [-0.15, -0.1) is 0 Å². The minimum Gasteiger partial charge on any atom is -0.0883 e. The zero-order valence-electron chi connectivity index (χ0n) is 8.94. The molecule has 0 radical (unpaired) electrons. The third-order valence-electron chi connectivity index (χ3n) is 2.42. The number of rotatable bonds is 3. The smallest absolute Gasteiger partial charge is 0.0215 e. The average Bonchev–Trinajstić information content (AvgIpc) is 2.38. The Morgan fingerprint density at radius 1 is 0.812 bits per heavy atom. The van der Waals surface area contributed by atoms with E-state index in [9.17, 15) is 0 Å². The Labute approximate surface area is 105 Å². The van der Waals surface area contributed by atoms with Gasteiger partial charge in [0.15, 0.2) is 0 Å². The molecule has 0 aliphatic rings. The van der Waals surface area contributed by atoms with Gasteiger partial charge in [0, 0.05) is 5.33 Å². The van der Waals surface area contributed by atoms with Crippen LogP contribution in [0.15, 0.2) is 60.7 Å². The van der Waals surface area contributed by atoms with Crippen LogP contribution in [0.4, 0.5) is 0 Å². The third kappa shape index (κ3) is 2.83. The highest BCUT2D eigenvalue weighted by molar-refractivity contribution is 9.09. The largest absolute Gasteiger partial charge is 0.0883 e. The monoisotopic (exact) mass is 272 g/mol. The predicted octanol–water partition coefficient (Wildman–Crippen LogP) is 4.76. The van der Waals surface area contributed by atoms with Crippen LogP contribution in [0.25, 0.3) is 17.2 Å². The van der Waals surface area contributed by atoms with E-state index in [0.29, 0.717) is 0 Å². The lowest BCUT2D eigenvalue weighted by molar-refractivity contribution is 1.60. The second-order valence-corrected chi connectivity index (χ2v) is 4.19. The van der Waals surface area contributed by atoms with Crippen molar-refractivity contribution in [2.45, 2.75) is 0 Å². The molecule has 0 unspecified atom stereocenters. The highest BCUT2D eigenvalue weighted by Crippen LogP contribution is 2.19. The number of allylic oxidation sites excluding steroid dienone is 1. The maximum atomic E-state index is 3.37. The van der Waals surface area contributed by atoms with E-state index in [1.54, 1.807) is 0 Å². The first-order chi connectivity index (χ1) is 7.90. The fourth-order valence-electron chi connectivity index (χ4n) is 1.60. The molecule has 0 nitrogen and oxygen atoms in total. The quantitative estimate of drug-likeness (QED) is 0.707. The Morgan fingerprint density at radius 3 is 2.06 bits per heavy atom. The molecule has 0 aliphatic carbocycles. The van der Waals surface area contributed by atoms with Crippen molar-refractivity contribution in [1.82, 2.24) is 0 Å². The van der Waals surface area contributed by atoms with E-state index in [0.717, 1.165) is 5.33 Å². The zero-order chi connectivity index (χ0) is 11.2. The van der Waals surface area contributed by atoms with Crippen LogP contribution in [0.2, 0.25) is 0 Å². The van der Waals surface area contributed by atoms with Crippen LogP contribution in [0.3, 0.4) is 0 Å². The molecule has 0 aliphatic heterocycles. The second-order valence-electron chi connectivity index (χ2n) is 3.54. The van der Waals surface area contributed by atoms with Gasteiger partial charge in [0.05, 0.1) is 0 Å². The molecule has 0 heterocycles. The molecule has 0 spiro atoms. The van der Waals surface area contributed by atoms with Crippen LogP contribution < -0.4 is 0 Å². The fourth-order valence-corrected chi connectivity index (χ4v) is 1.78. The van der Waals surface area contributed by atoms with Gasteiger partial charge in [-0.2, -0.15) is 0 Å². The standard InChI is InChI=1S/C15H13Br/c16-12-4-5-13-8-10-15(11-9-13)14-6-2-1-3-7-14/h1-11H,12H2/b5-4+. The van der Waals surface area contributed by atoms with Crippen molar-refractivity contribution in [3.05, 3.63) is 66.2 Å². The minimum atomic E-state index is 0.896. The maximum absolute atomic E-state index is 3.37. The van der Waals surface area contributed by atoms with E-state index in [-0.39, 0.29) is 0 Å².